The van der Waals surface area contributed by atoms with E-state index in [1.807, 2.05) is 12.4 Å². The lowest BCUT2D eigenvalue weighted by Crippen LogP contribution is -2.00. The van der Waals surface area contributed by atoms with Gasteiger partial charge in [-0.1, -0.05) is 71.6 Å². The van der Waals surface area contributed by atoms with Crippen LogP contribution in [-0.2, 0) is 0 Å². The summed E-state index contributed by atoms with van der Waals surface area (Å²) in [5, 5.41) is 0. The Kier molecular flexibility index (Phi) is 10.3. The fourth-order valence-electron chi connectivity index (χ4n) is 2.93. The summed E-state index contributed by atoms with van der Waals surface area (Å²) in [5.41, 5.74) is 1.51. The summed E-state index contributed by atoms with van der Waals surface area (Å²) < 4.78 is 0. The molecule has 114 valence electrons. The van der Waals surface area contributed by atoms with Gasteiger partial charge in [0.2, 0.25) is 0 Å². The van der Waals surface area contributed by atoms with Crippen LogP contribution in [0.4, 0.5) is 0 Å². The number of aromatic nitrogens is 1. The van der Waals surface area contributed by atoms with Crippen molar-refractivity contribution in [3.63, 3.8) is 0 Å². The van der Waals surface area contributed by atoms with Gasteiger partial charge in [-0.3, -0.25) is 4.98 Å². The molecule has 0 N–H and O–H groups in total. The monoisotopic (exact) mass is 275 g/mol. The van der Waals surface area contributed by atoms with Crippen LogP contribution in [0.25, 0.3) is 0 Å². The minimum absolute atomic E-state index is 0.761. The van der Waals surface area contributed by atoms with Gasteiger partial charge in [0.05, 0.1) is 0 Å². The topological polar surface area (TPSA) is 12.9 Å². The number of hydrogen-bond donors (Lipinski definition) is 0. The Morgan fingerprint density at radius 1 is 0.750 bits per heavy atom. The maximum atomic E-state index is 4.16. The second-order valence-corrected chi connectivity index (χ2v) is 6.03. The predicted octanol–water partition coefficient (Wildman–Crippen LogP) is 6.50. The molecule has 0 aliphatic carbocycles. The molecular formula is C19H33N. The number of rotatable bonds is 12. The van der Waals surface area contributed by atoms with Gasteiger partial charge in [-0.15, -0.1) is 0 Å². The lowest BCUT2D eigenvalue weighted by molar-refractivity contribution is 0.493. The summed E-state index contributed by atoms with van der Waals surface area (Å²) in [6, 6.07) is 4.44. The smallest absolute Gasteiger partial charge is 0.0270 e. The second kappa shape index (κ2) is 11.9. The molecule has 1 aromatic rings. The van der Waals surface area contributed by atoms with Gasteiger partial charge in [0.1, 0.15) is 0 Å². The third-order valence-corrected chi connectivity index (χ3v) is 4.24. The van der Waals surface area contributed by atoms with Crippen molar-refractivity contribution in [3.8, 4) is 0 Å². The van der Waals surface area contributed by atoms with Crippen LogP contribution in [0.3, 0.4) is 0 Å². The van der Waals surface area contributed by atoms with Gasteiger partial charge in [0.25, 0.3) is 0 Å². The van der Waals surface area contributed by atoms with Gasteiger partial charge in [-0.2, -0.15) is 0 Å². The molecule has 0 aromatic carbocycles. The van der Waals surface area contributed by atoms with Gasteiger partial charge < -0.3 is 0 Å². The Morgan fingerprint density at radius 3 is 1.80 bits per heavy atom. The lowest BCUT2D eigenvalue weighted by atomic mass is 9.89. The van der Waals surface area contributed by atoms with E-state index >= 15 is 0 Å². The van der Waals surface area contributed by atoms with Crippen molar-refractivity contribution in [2.75, 3.05) is 0 Å². The summed E-state index contributed by atoms with van der Waals surface area (Å²) >= 11 is 0. The lowest BCUT2D eigenvalue weighted by Gasteiger charge is -2.17. The molecule has 1 unspecified atom stereocenters. The first-order chi connectivity index (χ1) is 9.88. The van der Waals surface area contributed by atoms with Gasteiger partial charge in [0, 0.05) is 12.4 Å². The Balaban J connectivity index is 2.35. The molecule has 0 aliphatic heterocycles. The Bertz CT molecular complexity index is 307. The van der Waals surface area contributed by atoms with Crippen LogP contribution in [0.15, 0.2) is 24.5 Å². The molecular weight excluding hydrogens is 242 g/mol. The molecule has 1 atom stereocenters. The van der Waals surface area contributed by atoms with E-state index in [1.165, 1.54) is 76.2 Å². The molecule has 1 rings (SSSR count). The molecule has 0 fully saturated rings. The highest BCUT2D eigenvalue weighted by molar-refractivity contribution is 5.15. The molecule has 1 nitrogen and oxygen atoms in total. The maximum Gasteiger partial charge on any atom is 0.0270 e. The van der Waals surface area contributed by atoms with E-state index < -0.39 is 0 Å². The fraction of sp³-hybridized carbons (Fsp3) is 0.737. The molecule has 1 heterocycles. The molecule has 0 aliphatic rings. The average molecular weight is 275 g/mol. The zero-order valence-corrected chi connectivity index (χ0v) is 13.6. The van der Waals surface area contributed by atoms with E-state index in [0.717, 1.165) is 5.92 Å². The third-order valence-electron chi connectivity index (χ3n) is 4.24. The van der Waals surface area contributed by atoms with Crippen LogP contribution in [0.5, 0.6) is 0 Å². The van der Waals surface area contributed by atoms with E-state index in [9.17, 15) is 0 Å². The van der Waals surface area contributed by atoms with Crippen molar-refractivity contribution in [2.45, 2.75) is 90.4 Å². The average Bonchev–Trinajstić information content (AvgIpc) is 2.50. The minimum atomic E-state index is 0.761. The Morgan fingerprint density at radius 2 is 1.25 bits per heavy atom. The fourth-order valence-corrected chi connectivity index (χ4v) is 2.93. The first-order valence-corrected chi connectivity index (χ1v) is 8.78. The predicted molar refractivity (Wildman–Crippen MR) is 89.1 cm³/mol. The van der Waals surface area contributed by atoms with Crippen molar-refractivity contribution in [2.24, 2.45) is 0 Å². The van der Waals surface area contributed by atoms with Crippen molar-refractivity contribution in [3.05, 3.63) is 30.1 Å². The molecule has 1 aromatic heterocycles. The van der Waals surface area contributed by atoms with E-state index in [-0.39, 0.29) is 0 Å². The van der Waals surface area contributed by atoms with Gasteiger partial charge in [-0.25, -0.2) is 0 Å². The summed E-state index contributed by atoms with van der Waals surface area (Å²) in [6.45, 7) is 4.57. The van der Waals surface area contributed by atoms with Crippen LogP contribution in [0.1, 0.15) is 96.0 Å². The van der Waals surface area contributed by atoms with Gasteiger partial charge >= 0.3 is 0 Å². The van der Waals surface area contributed by atoms with Crippen LogP contribution >= 0.6 is 0 Å². The van der Waals surface area contributed by atoms with E-state index in [1.54, 1.807) is 0 Å². The molecule has 0 saturated carbocycles. The van der Waals surface area contributed by atoms with Gasteiger partial charge in [0.15, 0.2) is 0 Å². The molecule has 0 amide bonds. The van der Waals surface area contributed by atoms with Crippen molar-refractivity contribution < 1.29 is 0 Å². The highest BCUT2D eigenvalue weighted by atomic mass is 14.6. The van der Waals surface area contributed by atoms with Crippen molar-refractivity contribution >= 4 is 0 Å². The molecule has 0 spiro atoms. The summed E-state index contributed by atoms with van der Waals surface area (Å²) in [6.07, 6.45) is 19.1. The number of nitrogens with zero attached hydrogens (tertiary/aromatic N) is 1. The largest absolute Gasteiger partial charge is 0.265 e. The quantitative estimate of drug-likeness (QED) is 0.397. The van der Waals surface area contributed by atoms with E-state index in [2.05, 4.69) is 31.0 Å². The first kappa shape index (κ1) is 17.2. The van der Waals surface area contributed by atoms with Crippen LogP contribution in [0, 0.1) is 0 Å². The molecule has 0 radical (unpaired) electrons. The van der Waals surface area contributed by atoms with E-state index in [4.69, 9.17) is 0 Å². The van der Waals surface area contributed by atoms with Crippen molar-refractivity contribution in [1.29, 1.82) is 0 Å². The maximum absolute atomic E-state index is 4.16. The summed E-state index contributed by atoms with van der Waals surface area (Å²) in [7, 11) is 0. The summed E-state index contributed by atoms with van der Waals surface area (Å²) in [4.78, 5) is 4.16. The number of hydrogen-bond acceptors (Lipinski definition) is 1. The zero-order chi connectivity index (χ0) is 14.5. The molecule has 0 bridgehead atoms. The van der Waals surface area contributed by atoms with Crippen LogP contribution in [-0.4, -0.2) is 4.98 Å². The molecule has 20 heavy (non-hydrogen) atoms. The van der Waals surface area contributed by atoms with E-state index in [0.29, 0.717) is 0 Å². The highest BCUT2D eigenvalue weighted by Gasteiger charge is 2.10. The third kappa shape index (κ3) is 7.67. The highest BCUT2D eigenvalue weighted by Crippen LogP contribution is 2.28. The minimum Gasteiger partial charge on any atom is -0.265 e. The normalized spacial score (nSPS) is 12.5. The van der Waals surface area contributed by atoms with Crippen molar-refractivity contribution in [1.82, 2.24) is 4.98 Å². The zero-order valence-electron chi connectivity index (χ0n) is 13.6. The van der Waals surface area contributed by atoms with Crippen LogP contribution in [0.2, 0.25) is 0 Å². The summed E-state index contributed by atoms with van der Waals surface area (Å²) in [5.74, 6) is 0.761. The number of pyridine rings is 1. The standard InChI is InChI=1S/C19H33N/c1-3-5-7-9-11-13-18(12-10-8-6-4-2)19-14-16-20-17-15-19/h14-18H,3-13H2,1-2H3. The SMILES string of the molecule is CCCCCCCC(CCCCCC)c1ccncc1. The molecule has 1 heteroatoms. The first-order valence-electron chi connectivity index (χ1n) is 8.78. The second-order valence-electron chi connectivity index (χ2n) is 6.03. The van der Waals surface area contributed by atoms with Gasteiger partial charge in [-0.05, 0) is 36.5 Å². The number of unbranched alkanes of at least 4 members (excludes halogenated alkanes) is 7. The Hall–Kier alpha value is -0.850. The Labute approximate surface area is 126 Å². The molecule has 0 saturated heterocycles. The van der Waals surface area contributed by atoms with Crippen LogP contribution < -0.4 is 0 Å².